The van der Waals surface area contributed by atoms with Gasteiger partial charge in [-0.05, 0) is 84.6 Å². The van der Waals surface area contributed by atoms with Crippen molar-refractivity contribution in [1.82, 2.24) is 5.32 Å². The van der Waals surface area contributed by atoms with Gasteiger partial charge in [0.05, 0.1) is 12.8 Å². The second kappa shape index (κ2) is 12.8. The number of barbiturate groups is 1. The Morgan fingerprint density at radius 2 is 1.49 bits per heavy atom. The third kappa shape index (κ3) is 6.71. The highest BCUT2D eigenvalue weighted by atomic mass is 35.5. The van der Waals surface area contributed by atoms with Crippen LogP contribution in [0.1, 0.15) is 27.8 Å². The number of halogens is 1. The molecule has 218 valence electrons. The fourth-order valence-corrected chi connectivity index (χ4v) is 4.67. The van der Waals surface area contributed by atoms with Gasteiger partial charge in [0.25, 0.3) is 11.8 Å². The van der Waals surface area contributed by atoms with Crippen LogP contribution in [0.4, 0.5) is 10.5 Å². The molecule has 1 N–H and O–H groups in total. The lowest BCUT2D eigenvalue weighted by atomic mass is 10.0. The zero-order chi connectivity index (χ0) is 30.5. The fourth-order valence-electron chi connectivity index (χ4n) is 4.49. The Hall–Kier alpha value is -5.08. The molecule has 5 rings (SSSR count). The van der Waals surface area contributed by atoms with Crippen LogP contribution in [0.2, 0.25) is 5.02 Å². The molecule has 9 heteroatoms. The number of carbonyl (C=O) groups is 3. The van der Waals surface area contributed by atoms with Crippen molar-refractivity contribution in [3.05, 3.63) is 123 Å². The summed E-state index contributed by atoms with van der Waals surface area (Å²) in [6.07, 6.45) is 1.38. The van der Waals surface area contributed by atoms with Gasteiger partial charge in [-0.1, -0.05) is 54.1 Å². The van der Waals surface area contributed by atoms with Gasteiger partial charge in [0, 0.05) is 10.6 Å². The molecule has 0 spiro atoms. The van der Waals surface area contributed by atoms with E-state index in [0.29, 0.717) is 40.1 Å². The van der Waals surface area contributed by atoms with E-state index in [2.05, 4.69) is 5.32 Å². The molecule has 4 aromatic carbocycles. The largest absolute Gasteiger partial charge is 0.493 e. The second-order valence-electron chi connectivity index (χ2n) is 9.96. The summed E-state index contributed by atoms with van der Waals surface area (Å²) in [6.45, 7) is 4.36. The Morgan fingerprint density at radius 1 is 0.767 bits per heavy atom. The topological polar surface area (TPSA) is 94.2 Å². The Bertz CT molecular complexity index is 1730. The van der Waals surface area contributed by atoms with Gasteiger partial charge >= 0.3 is 6.03 Å². The zero-order valence-corrected chi connectivity index (χ0v) is 24.6. The number of benzene rings is 4. The number of nitrogens with one attached hydrogen (secondary N) is 1. The molecule has 1 aliphatic rings. The van der Waals surface area contributed by atoms with E-state index in [0.717, 1.165) is 27.2 Å². The van der Waals surface area contributed by atoms with E-state index >= 15 is 0 Å². The molecule has 1 aliphatic heterocycles. The van der Waals surface area contributed by atoms with E-state index in [1.54, 1.807) is 37.4 Å². The number of nitrogens with zero attached hydrogens (tertiary/aromatic N) is 1. The van der Waals surface area contributed by atoms with Gasteiger partial charge in [0.15, 0.2) is 11.5 Å². The van der Waals surface area contributed by atoms with Crippen molar-refractivity contribution in [2.75, 3.05) is 12.0 Å². The van der Waals surface area contributed by atoms with Crippen LogP contribution < -0.4 is 24.4 Å². The number of ether oxygens (including phenoxy) is 3. The molecule has 4 aromatic rings. The van der Waals surface area contributed by atoms with E-state index in [9.17, 15) is 14.4 Å². The molecule has 0 bridgehead atoms. The number of hydrogen-bond acceptors (Lipinski definition) is 6. The third-order valence-corrected chi connectivity index (χ3v) is 7.22. The molecule has 0 aliphatic carbocycles. The standard InChI is InChI=1S/C34H29ClN2O6/c1-21-9-12-27(15-22(21)2)37-33(39)28(32(38)36-34(37)40)18-25-17-26(35)11-14-29(25)42-20-24-10-13-30(31(16-24)41-3)43-19-23-7-5-4-6-8-23/h4-18H,19-20H2,1-3H3,(H,36,38,40)/b28-18-. The van der Waals surface area contributed by atoms with Crippen molar-refractivity contribution in [2.24, 2.45) is 0 Å². The van der Waals surface area contributed by atoms with Crippen LogP contribution in [0.3, 0.4) is 0 Å². The minimum atomic E-state index is -0.817. The lowest BCUT2D eigenvalue weighted by Crippen LogP contribution is -2.54. The molecule has 43 heavy (non-hydrogen) atoms. The lowest BCUT2D eigenvalue weighted by molar-refractivity contribution is -0.122. The predicted octanol–water partition coefficient (Wildman–Crippen LogP) is 6.79. The van der Waals surface area contributed by atoms with Crippen LogP contribution in [0.5, 0.6) is 17.2 Å². The Labute approximate surface area is 254 Å². The minimum absolute atomic E-state index is 0.153. The average Bonchev–Trinajstić information content (AvgIpc) is 3.00. The van der Waals surface area contributed by atoms with Crippen molar-refractivity contribution < 1.29 is 28.6 Å². The third-order valence-electron chi connectivity index (χ3n) is 6.98. The van der Waals surface area contributed by atoms with Crippen LogP contribution in [-0.2, 0) is 22.8 Å². The number of carbonyl (C=O) groups excluding carboxylic acids is 3. The molecule has 1 fully saturated rings. The van der Waals surface area contributed by atoms with E-state index < -0.39 is 17.8 Å². The summed E-state index contributed by atoms with van der Waals surface area (Å²) in [5.41, 5.74) is 4.27. The number of aryl methyl sites for hydroxylation is 2. The minimum Gasteiger partial charge on any atom is -0.493 e. The van der Waals surface area contributed by atoms with E-state index in [1.807, 2.05) is 68.4 Å². The van der Waals surface area contributed by atoms with Crippen LogP contribution in [0.25, 0.3) is 6.08 Å². The molecule has 0 aromatic heterocycles. The number of rotatable bonds is 9. The molecule has 0 atom stereocenters. The smallest absolute Gasteiger partial charge is 0.335 e. The number of anilines is 1. The maximum absolute atomic E-state index is 13.4. The Morgan fingerprint density at radius 3 is 2.23 bits per heavy atom. The number of urea groups is 1. The summed E-state index contributed by atoms with van der Waals surface area (Å²) in [6, 6.07) is 24.6. The summed E-state index contributed by atoms with van der Waals surface area (Å²) < 4.78 is 17.6. The maximum atomic E-state index is 13.4. The van der Waals surface area contributed by atoms with Crippen LogP contribution in [0, 0.1) is 13.8 Å². The first-order valence-electron chi connectivity index (χ1n) is 13.5. The first-order chi connectivity index (χ1) is 20.7. The van der Waals surface area contributed by atoms with Crippen molar-refractivity contribution in [3.63, 3.8) is 0 Å². The van der Waals surface area contributed by atoms with Crippen molar-refractivity contribution in [3.8, 4) is 17.2 Å². The summed E-state index contributed by atoms with van der Waals surface area (Å²) in [5.74, 6) is -0.0288. The first-order valence-corrected chi connectivity index (χ1v) is 13.9. The highest BCUT2D eigenvalue weighted by Crippen LogP contribution is 2.32. The number of amides is 4. The highest BCUT2D eigenvalue weighted by molar-refractivity contribution is 6.39. The molecule has 0 saturated carbocycles. The molecule has 8 nitrogen and oxygen atoms in total. The van der Waals surface area contributed by atoms with Crippen LogP contribution >= 0.6 is 11.6 Å². The van der Waals surface area contributed by atoms with Gasteiger partial charge in [-0.2, -0.15) is 0 Å². The predicted molar refractivity (Wildman–Crippen MR) is 164 cm³/mol. The molecular weight excluding hydrogens is 568 g/mol. The summed E-state index contributed by atoms with van der Waals surface area (Å²) in [5, 5.41) is 2.63. The van der Waals surface area contributed by atoms with Gasteiger partial charge in [0.1, 0.15) is 24.5 Å². The van der Waals surface area contributed by atoms with E-state index in [4.69, 9.17) is 25.8 Å². The number of hydrogen-bond donors (Lipinski definition) is 1. The average molecular weight is 597 g/mol. The first kappa shape index (κ1) is 29.4. The van der Waals surface area contributed by atoms with Gasteiger partial charge in [-0.3, -0.25) is 14.9 Å². The Balaban J connectivity index is 1.37. The summed E-state index contributed by atoms with van der Waals surface area (Å²) >= 11 is 6.27. The monoisotopic (exact) mass is 596 g/mol. The van der Waals surface area contributed by atoms with Gasteiger partial charge in [-0.15, -0.1) is 0 Å². The maximum Gasteiger partial charge on any atom is 0.335 e. The number of methoxy groups -OCH3 is 1. The molecule has 0 radical (unpaired) electrons. The quantitative estimate of drug-likeness (QED) is 0.169. The molecular formula is C34H29ClN2O6. The molecule has 4 amide bonds. The summed E-state index contributed by atoms with van der Waals surface area (Å²) in [4.78, 5) is 39.8. The van der Waals surface area contributed by atoms with Crippen molar-refractivity contribution >= 4 is 41.2 Å². The van der Waals surface area contributed by atoms with Crippen LogP contribution in [-0.4, -0.2) is 25.0 Å². The van der Waals surface area contributed by atoms with E-state index in [1.165, 1.54) is 6.08 Å². The van der Waals surface area contributed by atoms with Gasteiger partial charge in [0.2, 0.25) is 0 Å². The second-order valence-corrected chi connectivity index (χ2v) is 10.4. The van der Waals surface area contributed by atoms with Crippen molar-refractivity contribution in [2.45, 2.75) is 27.1 Å². The van der Waals surface area contributed by atoms with Gasteiger partial charge < -0.3 is 14.2 Å². The fraction of sp³-hybridized carbons (Fsp3) is 0.147. The number of imide groups is 2. The molecule has 1 heterocycles. The lowest BCUT2D eigenvalue weighted by Gasteiger charge is -2.27. The molecule has 1 saturated heterocycles. The highest BCUT2D eigenvalue weighted by Gasteiger charge is 2.37. The summed E-state index contributed by atoms with van der Waals surface area (Å²) in [7, 11) is 1.57. The van der Waals surface area contributed by atoms with Gasteiger partial charge in [-0.25, -0.2) is 9.69 Å². The van der Waals surface area contributed by atoms with E-state index in [-0.39, 0.29) is 12.2 Å². The zero-order valence-electron chi connectivity index (χ0n) is 23.8. The van der Waals surface area contributed by atoms with Crippen molar-refractivity contribution in [1.29, 1.82) is 0 Å². The molecule has 0 unspecified atom stereocenters. The SMILES string of the molecule is COc1cc(COc2ccc(Cl)cc2/C=C2/C(=O)NC(=O)N(c3ccc(C)c(C)c3)C2=O)ccc1OCc1ccccc1. The van der Waals surface area contributed by atoms with Crippen LogP contribution in [0.15, 0.2) is 90.5 Å². The Kier molecular flexibility index (Phi) is 8.78. The normalized spacial score (nSPS) is 14.1.